The van der Waals surface area contributed by atoms with E-state index in [4.69, 9.17) is 5.73 Å². The van der Waals surface area contributed by atoms with Gasteiger partial charge in [0.05, 0.1) is 0 Å². The van der Waals surface area contributed by atoms with Gasteiger partial charge < -0.3 is 16.4 Å². The van der Waals surface area contributed by atoms with E-state index in [1.165, 1.54) is 0 Å². The Bertz CT molecular complexity index is 1150. The summed E-state index contributed by atoms with van der Waals surface area (Å²) in [6.07, 6.45) is 0. The van der Waals surface area contributed by atoms with Crippen LogP contribution >= 0.6 is 21.4 Å². The maximum absolute atomic E-state index is 13.8. The molecule has 0 bridgehead atoms. The normalized spacial score (nSPS) is 11.5. The van der Waals surface area contributed by atoms with Crippen molar-refractivity contribution in [3.8, 4) is 0 Å². The van der Waals surface area contributed by atoms with Crippen molar-refractivity contribution in [3.05, 3.63) is 96.6 Å². The Balaban J connectivity index is 1.82. The monoisotopic (exact) mass is 463 g/mol. The van der Waals surface area contributed by atoms with Crippen molar-refractivity contribution in [1.29, 1.82) is 0 Å². The summed E-state index contributed by atoms with van der Waals surface area (Å²) < 4.78 is 0.306. The molecule has 0 aliphatic rings. The van der Waals surface area contributed by atoms with Gasteiger partial charge in [0.25, 0.3) is 10.5 Å². The lowest BCUT2D eigenvalue weighted by molar-refractivity contribution is 0.265. The molecule has 1 heterocycles. The molecular weight excluding hydrogens is 442 g/mol. The van der Waals surface area contributed by atoms with E-state index in [9.17, 15) is 9.59 Å². The van der Waals surface area contributed by atoms with E-state index < -0.39 is 20.5 Å². The first-order valence-electron chi connectivity index (χ1n) is 9.74. The second-order valence-electron chi connectivity index (χ2n) is 6.83. The number of amides is 2. The first-order chi connectivity index (χ1) is 15.6. The molecule has 0 radical (unpaired) electrons. The Labute approximate surface area is 191 Å². The number of carbonyl (C=O) groups excluding carboxylic acids is 2. The van der Waals surface area contributed by atoms with Crippen LogP contribution in [0.4, 0.5) is 26.1 Å². The Morgan fingerprint density at radius 3 is 1.66 bits per heavy atom. The molecule has 0 saturated carbocycles. The highest BCUT2D eigenvalue weighted by atomic mass is 32.3. The van der Waals surface area contributed by atoms with Crippen LogP contribution in [0.2, 0.25) is 0 Å². The quantitative estimate of drug-likeness (QED) is 0.339. The second kappa shape index (κ2) is 9.63. The average Bonchev–Trinajstić information content (AvgIpc) is 3.26. The largest absolute Gasteiger partial charge is 0.374 e. The molecule has 4 rings (SSSR count). The first-order valence-corrected chi connectivity index (χ1v) is 12.4. The first kappa shape index (κ1) is 21.5. The number of rotatable bonds is 5. The molecule has 0 fully saturated rings. The summed E-state index contributed by atoms with van der Waals surface area (Å²) in [6, 6.07) is 27.5. The van der Waals surface area contributed by atoms with Crippen LogP contribution in [0, 0.1) is 0 Å². The Kier molecular flexibility index (Phi) is 6.48. The van der Waals surface area contributed by atoms with Crippen molar-refractivity contribution < 1.29 is 9.59 Å². The van der Waals surface area contributed by atoms with Crippen molar-refractivity contribution in [1.82, 2.24) is 10.2 Å². The predicted molar refractivity (Wildman–Crippen MR) is 131 cm³/mol. The highest BCUT2D eigenvalue weighted by Gasteiger charge is 2.45. The Hall–Kier alpha value is -3.69. The summed E-state index contributed by atoms with van der Waals surface area (Å²) in [5.74, 6) is 0.166. The Morgan fingerprint density at radius 1 is 0.750 bits per heavy atom. The van der Waals surface area contributed by atoms with Gasteiger partial charge in [-0.2, -0.15) is 0 Å². The van der Waals surface area contributed by atoms with Crippen molar-refractivity contribution in [2.24, 2.45) is 0 Å². The van der Waals surface area contributed by atoms with E-state index in [0.717, 1.165) is 16.9 Å². The molecular formula is C23H21N5O2S2. The van der Waals surface area contributed by atoms with Gasteiger partial charge in [-0.25, -0.2) is 0 Å². The van der Waals surface area contributed by atoms with Crippen molar-refractivity contribution in [3.63, 3.8) is 0 Å². The molecule has 7 nitrogen and oxygen atoms in total. The molecule has 0 atom stereocenters. The van der Waals surface area contributed by atoms with E-state index in [1.807, 2.05) is 66.7 Å². The minimum absolute atomic E-state index is 0.166. The number of nitrogen functional groups attached to an aromatic ring is 1. The third-order valence-corrected chi connectivity index (χ3v) is 9.18. The lowest BCUT2D eigenvalue weighted by Crippen LogP contribution is -2.31. The zero-order valence-corrected chi connectivity index (χ0v) is 18.6. The SMILES string of the molecule is Nc1nnc(S(Cc2ccccc2)(C(=O)Nc2ccccc2)C(=O)Nc2ccccc2)s1. The summed E-state index contributed by atoms with van der Waals surface area (Å²) in [4.78, 5) is 27.7. The van der Waals surface area contributed by atoms with E-state index in [0.29, 0.717) is 15.7 Å². The van der Waals surface area contributed by atoms with Crippen molar-refractivity contribution >= 4 is 48.3 Å². The van der Waals surface area contributed by atoms with Crippen LogP contribution in [0.5, 0.6) is 0 Å². The molecule has 4 aromatic rings. The highest BCUT2D eigenvalue weighted by molar-refractivity contribution is 8.56. The fraction of sp³-hybridized carbons (Fsp3) is 0.0435. The molecule has 0 unspecified atom stereocenters. The third kappa shape index (κ3) is 4.63. The van der Waals surface area contributed by atoms with Gasteiger partial charge in [-0.15, -0.1) is 10.2 Å². The lowest BCUT2D eigenvalue weighted by atomic mass is 10.2. The number of aromatic nitrogens is 2. The number of nitrogens with two attached hydrogens (primary N) is 1. The topological polar surface area (TPSA) is 110 Å². The minimum Gasteiger partial charge on any atom is -0.374 e. The van der Waals surface area contributed by atoms with Gasteiger partial charge in [0.15, 0.2) is 4.34 Å². The van der Waals surface area contributed by atoms with Crippen LogP contribution < -0.4 is 16.4 Å². The number of para-hydroxylation sites is 2. The maximum atomic E-state index is 13.8. The third-order valence-electron chi connectivity index (χ3n) is 4.62. The molecule has 0 saturated heterocycles. The maximum Gasteiger partial charge on any atom is 0.280 e. The zero-order chi connectivity index (χ0) is 22.4. The van der Waals surface area contributed by atoms with E-state index in [2.05, 4.69) is 20.8 Å². The standard InChI is InChI=1S/C23H21N5O2S2/c24-20-27-28-23(31-20)32(16-17-10-4-1-5-11-17,21(29)25-18-12-6-2-7-13-18)22(30)26-19-14-8-3-9-15-19/h1-15H,16H2,(H2,24,27)(H,25,29)(H,26,30). The van der Waals surface area contributed by atoms with Gasteiger partial charge in [-0.05, 0) is 39.9 Å². The smallest absolute Gasteiger partial charge is 0.280 e. The van der Waals surface area contributed by atoms with Crippen LogP contribution in [0.25, 0.3) is 0 Å². The van der Waals surface area contributed by atoms with E-state index in [-0.39, 0.29) is 10.9 Å². The second-order valence-corrected chi connectivity index (χ2v) is 11.0. The summed E-state index contributed by atoms with van der Waals surface area (Å²) in [5, 5.41) is 13.2. The minimum atomic E-state index is -2.90. The van der Waals surface area contributed by atoms with Crippen molar-refractivity contribution in [2.75, 3.05) is 16.4 Å². The number of nitrogens with one attached hydrogen (secondary N) is 2. The van der Waals surface area contributed by atoms with Gasteiger partial charge in [-0.3, -0.25) is 9.59 Å². The molecule has 0 aliphatic heterocycles. The summed E-state index contributed by atoms with van der Waals surface area (Å²) in [6.45, 7) is 0. The fourth-order valence-electron chi connectivity index (χ4n) is 3.07. The zero-order valence-electron chi connectivity index (χ0n) is 17.0. The van der Waals surface area contributed by atoms with Gasteiger partial charge in [0.2, 0.25) is 5.13 Å². The molecule has 162 valence electrons. The molecule has 9 heteroatoms. The van der Waals surface area contributed by atoms with Gasteiger partial charge >= 0.3 is 0 Å². The average molecular weight is 464 g/mol. The van der Waals surface area contributed by atoms with E-state index >= 15 is 0 Å². The van der Waals surface area contributed by atoms with Crippen LogP contribution in [-0.4, -0.2) is 20.7 Å². The number of hydrogen-bond donors (Lipinski definition) is 3. The van der Waals surface area contributed by atoms with Gasteiger partial charge in [0, 0.05) is 17.1 Å². The highest BCUT2D eigenvalue weighted by Crippen LogP contribution is 2.61. The predicted octanol–water partition coefficient (Wildman–Crippen LogP) is 5.95. The number of hydrogen-bond acceptors (Lipinski definition) is 6. The Morgan fingerprint density at radius 2 is 1.22 bits per heavy atom. The molecule has 3 aromatic carbocycles. The summed E-state index contributed by atoms with van der Waals surface area (Å²) in [5.41, 5.74) is 7.89. The summed E-state index contributed by atoms with van der Waals surface area (Å²) >= 11 is 1.06. The van der Waals surface area contributed by atoms with Crippen LogP contribution in [0.3, 0.4) is 0 Å². The van der Waals surface area contributed by atoms with Crippen LogP contribution in [0.1, 0.15) is 5.56 Å². The molecule has 0 aliphatic carbocycles. The van der Waals surface area contributed by atoms with Crippen molar-refractivity contribution in [2.45, 2.75) is 10.1 Å². The van der Waals surface area contributed by atoms with E-state index in [1.54, 1.807) is 24.3 Å². The number of benzene rings is 3. The van der Waals surface area contributed by atoms with Gasteiger partial charge in [-0.1, -0.05) is 78.1 Å². The molecule has 2 amide bonds. The fourth-order valence-corrected chi connectivity index (χ4v) is 7.20. The molecule has 4 N–H and O–H groups in total. The number of nitrogens with zero attached hydrogens (tertiary/aromatic N) is 2. The number of anilines is 3. The van der Waals surface area contributed by atoms with Crippen LogP contribution in [-0.2, 0) is 5.75 Å². The number of carbonyl (C=O) groups is 2. The summed E-state index contributed by atoms with van der Waals surface area (Å²) in [7, 11) is -2.90. The van der Waals surface area contributed by atoms with Gasteiger partial charge in [0.1, 0.15) is 0 Å². The molecule has 32 heavy (non-hydrogen) atoms. The molecule has 1 aromatic heterocycles. The molecule has 0 spiro atoms. The lowest BCUT2D eigenvalue weighted by Gasteiger charge is -2.33. The van der Waals surface area contributed by atoms with Crippen LogP contribution in [0.15, 0.2) is 95.3 Å².